The molecule has 2 nitrogen and oxygen atoms in total. The summed E-state index contributed by atoms with van der Waals surface area (Å²) in [6.45, 7) is 9.47. The topological polar surface area (TPSA) is 23.5 Å². The lowest BCUT2D eigenvalue weighted by Crippen LogP contribution is -2.38. The van der Waals surface area contributed by atoms with Gasteiger partial charge in [-0.2, -0.15) is 0 Å². The Bertz CT molecular complexity index is 245. The molecule has 13 heavy (non-hydrogen) atoms. The van der Waals surface area contributed by atoms with E-state index in [0.29, 0.717) is 6.54 Å². The molecule has 0 bridgehead atoms. The van der Waals surface area contributed by atoms with Crippen LogP contribution in [0, 0.1) is 0 Å². The molecule has 0 radical (unpaired) electrons. The van der Waals surface area contributed by atoms with Gasteiger partial charge in [-0.05, 0) is 33.8 Å². The number of β-amino-alcohol motifs (C(OH)–C–C–N with tert-alkyl or cyclic N) is 1. The van der Waals surface area contributed by atoms with E-state index in [2.05, 4.69) is 30.9 Å². The third-order valence-electron chi connectivity index (χ3n) is 2.15. The molecule has 1 N–H and O–H groups in total. The fourth-order valence-corrected chi connectivity index (χ4v) is 1.53. The first-order chi connectivity index (χ1) is 5.88. The largest absolute Gasteiger partial charge is 0.389 e. The molecule has 0 atom stereocenters. The highest BCUT2D eigenvalue weighted by molar-refractivity contribution is 5.25. The molecule has 1 aliphatic rings. The van der Waals surface area contributed by atoms with Crippen LogP contribution < -0.4 is 0 Å². The first kappa shape index (κ1) is 10.3. The molecule has 74 valence electrons. The molecule has 0 amide bonds. The smallest absolute Gasteiger partial charge is 0.0765 e. The average Bonchev–Trinajstić information content (AvgIpc) is 1.93. The van der Waals surface area contributed by atoms with E-state index in [1.54, 1.807) is 0 Å². The Labute approximate surface area is 80.6 Å². The van der Waals surface area contributed by atoms with Gasteiger partial charge in [0.1, 0.15) is 0 Å². The van der Waals surface area contributed by atoms with Crippen molar-refractivity contribution in [3.05, 3.63) is 23.4 Å². The summed E-state index contributed by atoms with van der Waals surface area (Å²) in [5.41, 5.74) is 1.93. The second-order valence-electron chi connectivity index (χ2n) is 4.43. The number of hydrogen-bond donors (Lipinski definition) is 1. The predicted octanol–water partition coefficient (Wildman–Crippen LogP) is 1.92. The second kappa shape index (κ2) is 3.54. The van der Waals surface area contributed by atoms with E-state index in [1.807, 2.05) is 13.8 Å². The number of rotatable bonds is 2. The van der Waals surface area contributed by atoms with E-state index in [4.69, 9.17) is 0 Å². The van der Waals surface area contributed by atoms with E-state index in [-0.39, 0.29) is 0 Å². The van der Waals surface area contributed by atoms with Crippen LogP contribution in [0.1, 0.15) is 27.7 Å². The molecular formula is C11H19NO. The zero-order valence-electron chi connectivity index (χ0n) is 8.96. The SMILES string of the molecule is CC1=CCN(CC(C)(C)O)C(C)=C1. The van der Waals surface area contributed by atoms with Gasteiger partial charge in [-0.15, -0.1) is 0 Å². The molecule has 0 saturated carbocycles. The van der Waals surface area contributed by atoms with E-state index in [0.717, 1.165) is 6.54 Å². The monoisotopic (exact) mass is 181 g/mol. The Kier molecular flexibility index (Phi) is 2.81. The first-order valence-electron chi connectivity index (χ1n) is 4.71. The maximum atomic E-state index is 9.66. The van der Waals surface area contributed by atoms with Crippen LogP contribution >= 0.6 is 0 Å². The van der Waals surface area contributed by atoms with Crippen molar-refractivity contribution in [3.63, 3.8) is 0 Å². The molecule has 0 aliphatic carbocycles. The standard InChI is InChI=1S/C11H19NO/c1-9-5-6-12(10(2)7-9)8-11(3,4)13/h5,7,13H,6,8H2,1-4H3. The third-order valence-corrected chi connectivity index (χ3v) is 2.15. The molecule has 0 aromatic rings. The van der Waals surface area contributed by atoms with E-state index < -0.39 is 5.60 Å². The molecular weight excluding hydrogens is 162 g/mol. The van der Waals surface area contributed by atoms with Crippen molar-refractivity contribution in [3.8, 4) is 0 Å². The minimum absolute atomic E-state index is 0.617. The van der Waals surface area contributed by atoms with Crippen molar-refractivity contribution in [2.45, 2.75) is 33.3 Å². The van der Waals surface area contributed by atoms with Crippen LogP contribution in [0.4, 0.5) is 0 Å². The minimum atomic E-state index is -0.617. The Morgan fingerprint density at radius 3 is 2.54 bits per heavy atom. The van der Waals surface area contributed by atoms with Crippen molar-refractivity contribution in [1.82, 2.24) is 4.90 Å². The maximum absolute atomic E-state index is 9.66. The van der Waals surface area contributed by atoms with Crippen LogP contribution in [0.15, 0.2) is 23.4 Å². The van der Waals surface area contributed by atoms with Crippen LogP contribution in [0.5, 0.6) is 0 Å². The van der Waals surface area contributed by atoms with E-state index >= 15 is 0 Å². The lowest BCUT2D eigenvalue weighted by Gasteiger charge is -2.32. The third kappa shape index (κ3) is 3.23. The lowest BCUT2D eigenvalue weighted by molar-refractivity contribution is 0.0495. The van der Waals surface area contributed by atoms with Gasteiger partial charge in [-0.1, -0.05) is 11.6 Å². The molecule has 0 saturated heterocycles. The number of allylic oxidation sites excluding steroid dienone is 3. The average molecular weight is 181 g/mol. The number of aliphatic hydroxyl groups is 1. The summed E-state index contributed by atoms with van der Waals surface area (Å²) in [5.74, 6) is 0. The predicted molar refractivity (Wildman–Crippen MR) is 55.4 cm³/mol. The van der Waals surface area contributed by atoms with E-state index in [9.17, 15) is 5.11 Å². The van der Waals surface area contributed by atoms with Gasteiger partial charge in [0, 0.05) is 18.8 Å². The van der Waals surface area contributed by atoms with Gasteiger partial charge in [-0.25, -0.2) is 0 Å². The Balaban J connectivity index is 2.62. The van der Waals surface area contributed by atoms with Gasteiger partial charge in [0.05, 0.1) is 5.60 Å². The maximum Gasteiger partial charge on any atom is 0.0765 e. The molecule has 1 heterocycles. The molecule has 0 fully saturated rings. The highest BCUT2D eigenvalue weighted by Crippen LogP contribution is 2.16. The molecule has 0 spiro atoms. The molecule has 0 aromatic carbocycles. The number of nitrogens with zero attached hydrogens (tertiary/aromatic N) is 1. The van der Waals surface area contributed by atoms with Crippen molar-refractivity contribution < 1.29 is 5.11 Å². The van der Waals surface area contributed by atoms with Gasteiger partial charge < -0.3 is 10.0 Å². The highest BCUT2D eigenvalue weighted by atomic mass is 16.3. The van der Waals surface area contributed by atoms with Crippen LogP contribution in [0.2, 0.25) is 0 Å². The van der Waals surface area contributed by atoms with Gasteiger partial charge in [-0.3, -0.25) is 0 Å². The summed E-state index contributed by atoms with van der Waals surface area (Å²) >= 11 is 0. The summed E-state index contributed by atoms with van der Waals surface area (Å²) in [7, 11) is 0. The zero-order valence-corrected chi connectivity index (χ0v) is 8.96. The Morgan fingerprint density at radius 1 is 1.46 bits per heavy atom. The normalized spacial score (nSPS) is 18.4. The summed E-state index contributed by atoms with van der Waals surface area (Å²) in [6, 6.07) is 0. The van der Waals surface area contributed by atoms with Crippen LogP contribution in [-0.4, -0.2) is 28.7 Å². The fraction of sp³-hybridized carbons (Fsp3) is 0.636. The van der Waals surface area contributed by atoms with Crippen LogP contribution in [0.3, 0.4) is 0 Å². The van der Waals surface area contributed by atoms with Crippen molar-refractivity contribution >= 4 is 0 Å². The lowest BCUT2D eigenvalue weighted by atomic mass is 10.1. The van der Waals surface area contributed by atoms with Gasteiger partial charge >= 0.3 is 0 Å². The zero-order chi connectivity index (χ0) is 10.1. The van der Waals surface area contributed by atoms with Crippen molar-refractivity contribution in [2.24, 2.45) is 0 Å². The second-order valence-corrected chi connectivity index (χ2v) is 4.43. The molecule has 0 unspecified atom stereocenters. The minimum Gasteiger partial charge on any atom is -0.389 e. The molecule has 2 heteroatoms. The summed E-state index contributed by atoms with van der Waals surface area (Å²) < 4.78 is 0. The van der Waals surface area contributed by atoms with Gasteiger partial charge in [0.2, 0.25) is 0 Å². The van der Waals surface area contributed by atoms with Gasteiger partial charge in [0.15, 0.2) is 0 Å². The summed E-state index contributed by atoms with van der Waals surface area (Å²) in [5, 5.41) is 9.66. The molecule has 0 aromatic heterocycles. The van der Waals surface area contributed by atoms with E-state index in [1.165, 1.54) is 11.3 Å². The summed E-state index contributed by atoms with van der Waals surface area (Å²) in [6.07, 6.45) is 4.33. The van der Waals surface area contributed by atoms with Crippen LogP contribution in [0.25, 0.3) is 0 Å². The van der Waals surface area contributed by atoms with Gasteiger partial charge in [0.25, 0.3) is 0 Å². The molecule has 1 aliphatic heterocycles. The number of hydrogen-bond acceptors (Lipinski definition) is 2. The quantitative estimate of drug-likeness (QED) is 0.703. The summed E-state index contributed by atoms with van der Waals surface area (Å²) in [4.78, 5) is 2.19. The molecule has 1 rings (SSSR count). The van der Waals surface area contributed by atoms with Crippen molar-refractivity contribution in [2.75, 3.05) is 13.1 Å². The van der Waals surface area contributed by atoms with Crippen molar-refractivity contribution in [1.29, 1.82) is 0 Å². The highest BCUT2D eigenvalue weighted by Gasteiger charge is 2.18. The Morgan fingerprint density at radius 2 is 2.08 bits per heavy atom. The fourth-order valence-electron chi connectivity index (χ4n) is 1.53. The first-order valence-corrected chi connectivity index (χ1v) is 4.71. The van der Waals surface area contributed by atoms with Crippen LogP contribution in [-0.2, 0) is 0 Å². The Hall–Kier alpha value is -0.760.